The van der Waals surface area contributed by atoms with E-state index in [0.29, 0.717) is 0 Å². The van der Waals surface area contributed by atoms with E-state index >= 15 is 0 Å². The maximum atomic E-state index is 5.98. The highest BCUT2D eigenvalue weighted by Crippen LogP contribution is 2.33. The first-order valence-electron chi connectivity index (χ1n) is 8.30. The van der Waals surface area contributed by atoms with E-state index in [9.17, 15) is 0 Å². The second-order valence-corrected chi connectivity index (χ2v) is 6.57. The highest BCUT2D eigenvalue weighted by Gasteiger charge is 2.11. The normalized spacial score (nSPS) is 10.7. The van der Waals surface area contributed by atoms with E-state index in [1.165, 1.54) is 36.8 Å². The first-order valence-corrected chi connectivity index (χ1v) is 10.5. The molecule has 0 aliphatic heterocycles. The van der Waals surface area contributed by atoms with E-state index in [2.05, 4.69) is 57.8 Å². The van der Waals surface area contributed by atoms with Crippen LogP contribution in [0.25, 0.3) is 0 Å². The SMILES string of the molecule is CCCCCOc1cc(CBr)c(CBr)cc1OCCCCC. The fourth-order valence-corrected chi connectivity index (χ4v) is 3.23. The summed E-state index contributed by atoms with van der Waals surface area (Å²) in [5, 5.41) is 1.66. The van der Waals surface area contributed by atoms with Crippen molar-refractivity contribution in [2.75, 3.05) is 13.2 Å². The molecule has 22 heavy (non-hydrogen) atoms. The van der Waals surface area contributed by atoms with Crippen LogP contribution in [-0.2, 0) is 10.7 Å². The number of hydrogen-bond donors (Lipinski definition) is 0. The van der Waals surface area contributed by atoms with Crippen LogP contribution in [0.15, 0.2) is 12.1 Å². The first-order chi connectivity index (χ1) is 10.8. The number of halogens is 2. The summed E-state index contributed by atoms with van der Waals surface area (Å²) in [5.74, 6) is 1.76. The molecule has 0 bridgehead atoms. The van der Waals surface area contributed by atoms with Gasteiger partial charge in [0.2, 0.25) is 0 Å². The summed E-state index contributed by atoms with van der Waals surface area (Å²) in [6.45, 7) is 5.93. The average Bonchev–Trinajstić information content (AvgIpc) is 2.55. The third-order valence-electron chi connectivity index (χ3n) is 3.56. The molecular weight excluding hydrogens is 408 g/mol. The number of rotatable bonds is 12. The number of hydrogen-bond acceptors (Lipinski definition) is 2. The molecular formula is C18H28Br2O2. The van der Waals surface area contributed by atoms with Gasteiger partial charge in [-0.2, -0.15) is 0 Å². The molecule has 0 fully saturated rings. The minimum absolute atomic E-state index is 0.758. The van der Waals surface area contributed by atoms with E-state index in [1.807, 2.05) is 0 Å². The molecule has 0 N–H and O–H groups in total. The topological polar surface area (TPSA) is 18.5 Å². The Bertz CT molecular complexity index is 383. The van der Waals surface area contributed by atoms with Crippen molar-refractivity contribution in [3.05, 3.63) is 23.3 Å². The van der Waals surface area contributed by atoms with Crippen molar-refractivity contribution in [1.82, 2.24) is 0 Å². The maximum Gasteiger partial charge on any atom is 0.161 e. The zero-order valence-corrected chi connectivity index (χ0v) is 17.0. The summed E-state index contributed by atoms with van der Waals surface area (Å²) in [5.41, 5.74) is 2.51. The molecule has 0 saturated heterocycles. The third kappa shape index (κ3) is 6.91. The van der Waals surface area contributed by atoms with E-state index in [4.69, 9.17) is 9.47 Å². The van der Waals surface area contributed by atoms with Crippen LogP contribution in [0.4, 0.5) is 0 Å². The van der Waals surface area contributed by atoms with Crippen LogP contribution in [0, 0.1) is 0 Å². The molecule has 0 spiro atoms. The summed E-state index contributed by atoms with van der Waals surface area (Å²) < 4.78 is 12.0. The Kier molecular flexibility index (Phi) is 11.0. The first kappa shape index (κ1) is 19.8. The molecule has 0 aromatic heterocycles. The van der Waals surface area contributed by atoms with Gasteiger partial charge in [0, 0.05) is 10.7 Å². The zero-order chi connectivity index (χ0) is 16.2. The molecule has 0 unspecified atom stereocenters. The summed E-state index contributed by atoms with van der Waals surface area (Å²) in [6.07, 6.45) is 7.01. The number of ether oxygens (including phenoxy) is 2. The van der Waals surface area contributed by atoms with Gasteiger partial charge in [0.25, 0.3) is 0 Å². The third-order valence-corrected chi connectivity index (χ3v) is 4.77. The Morgan fingerprint density at radius 2 is 1.14 bits per heavy atom. The predicted molar refractivity (Wildman–Crippen MR) is 102 cm³/mol. The summed E-state index contributed by atoms with van der Waals surface area (Å²) in [6, 6.07) is 4.24. The smallest absolute Gasteiger partial charge is 0.161 e. The van der Waals surface area contributed by atoms with Gasteiger partial charge >= 0.3 is 0 Å². The van der Waals surface area contributed by atoms with Gasteiger partial charge in [-0.1, -0.05) is 71.4 Å². The summed E-state index contributed by atoms with van der Waals surface area (Å²) >= 11 is 7.11. The molecule has 0 saturated carbocycles. The Morgan fingerprint density at radius 1 is 0.727 bits per heavy atom. The van der Waals surface area contributed by atoms with Crippen LogP contribution in [0.3, 0.4) is 0 Å². The van der Waals surface area contributed by atoms with Crippen LogP contribution >= 0.6 is 31.9 Å². The molecule has 0 atom stereocenters. The molecule has 2 nitrogen and oxygen atoms in total. The average molecular weight is 436 g/mol. The fourth-order valence-electron chi connectivity index (χ4n) is 2.19. The Balaban J connectivity index is 2.78. The molecule has 1 aromatic carbocycles. The Hall–Kier alpha value is -0.220. The van der Waals surface area contributed by atoms with Crippen molar-refractivity contribution in [2.24, 2.45) is 0 Å². The van der Waals surface area contributed by atoms with Gasteiger partial charge in [0.15, 0.2) is 11.5 Å². The molecule has 0 aliphatic carbocycles. The fraction of sp³-hybridized carbons (Fsp3) is 0.667. The number of alkyl halides is 2. The largest absolute Gasteiger partial charge is 0.490 e. The van der Waals surface area contributed by atoms with Crippen LogP contribution in [-0.4, -0.2) is 13.2 Å². The van der Waals surface area contributed by atoms with Crippen LogP contribution in [0.2, 0.25) is 0 Å². The van der Waals surface area contributed by atoms with Crippen LogP contribution in [0.5, 0.6) is 11.5 Å². The molecule has 0 amide bonds. The molecule has 0 aliphatic rings. The lowest BCUT2D eigenvalue weighted by molar-refractivity contribution is 0.259. The summed E-state index contributed by atoms with van der Waals surface area (Å²) in [4.78, 5) is 0. The minimum Gasteiger partial charge on any atom is -0.490 e. The highest BCUT2D eigenvalue weighted by molar-refractivity contribution is 9.09. The van der Waals surface area contributed by atoms with E-state index in [-0.39, 0.29) is 0 Å². The van der Waals surface area contributed by atoms with Crippen molar-refractivity contribution >= 4 is 31.9 Å². The predicted octanol–water partition coefficient (Wildman–Crippen LogP) is 6.61. The van der Waals surface area contributed by atoms with Crippen molar-refractivity contribution in [1.29, 1.82) is 0 Å². The van der Waals surface area contributed by atoms with Gasteiger partial charge in [-0.15, -0.1) is 0 Å². The number of unbranched alkanes of at least 4 members (excludes halogenated alkanes) is 4. The van der Waals surface area contributed by atoms with Gasteiger partial charge in [-0.25, -0.2) is 0 Å². The number of benzene rings is 1. The van der Waals surface area contributed by atoms with Crippen molar-refractivity contribution < 1.29 is 9.47 Å². The standard InChI is InChI=1S/C18H28Br2O2/c1-3-5-7-9-21-17-11-15(13-19)16(14-20)12-18(17)22-10-8-6-4-2/h11-12H,3-10,13-14H2,1-2H3. The molecule has 0 heterocycles. The van der Waals surface area contributed by atoms with E-state index < -0.39 is 0 Å². The molecule has 1 aromatic rings. The Labute approximate surface area is 152 Å². The molecule has 0 radical (unpaired) electrons. The Morgan fingerprint density at radius 3 is 1.45 bits per heavy atom. The van der Waals surface area contributed by atoms with Gasteiger partial charge in [0.1, 0.15) is 0 Å². The maximum absolute atomic E-state index is 5.98. The molecule has 1 rings (SSSR count). The van der Waals surface area contributed by atoms with Crippen LogP contribution < -0.4 is 9.47 Å². The van der Waals surface area contributed by atoms with Gasteiger partial charge in [-0.05, 0) is 36.1 Å². The van der Waals surface area contributed by atoms with Crippen molar-refractivity contribution in [3.8, 4) is 11.5 Å². The lowest BCUT2D eigenvalue weighted by atomic mass is 10.1. The van der Waals surface area contributed by atoms with Gasteiger partial charge < -0.3 is 9.47 Å². The van der Waals surface area contributed by atoms with Crippen LogP contribution in [0.1, 0.15) is 63.5 Å². The lowest BCUT2D eigenvalue weighted by Crippen LogP contribution is -2.04. The summed E-state index contributed by atoms with van der Waals surface area (Å²) in [7, 11) is 0. The molecule has 4 heteroatoms. The van der Waals surface area contributed by atoms with Crippen molar-refractivity contribution in [3.63, 3.8) is 0 Å². The quantitative estimate of drug-likeness (QED) is 0.271. The zero-order valence-electron chi connectivity index (χ0n) is 13.8. The van der Waals surface area contributed by atoms with Crippen molar-refractivity contribution in [2.45, 2.75) is 63.0 Å². The second kappa shape index (κ2) is 12.2. The van der Waals surface area contributed by atoms with E-state index in [1.54, 1.807) is 0 Å². The monoisotopic (exact) mass is 434 g/mol. The van der Waals surface area contributed by atoms with E-state index in [0.717, 1.165) is 48.2 Å². The lowest BCUT2D eigenvalue weighted by Gasteiger charge is -2.16. The minimum atomic E-state index is 0.758. The van der Waals surface area contributed by atoms with Gasteiger partial charge in [-0.3, -0.25) is 0 Å². The molecule has 126 valence electrons. The highest BCUT2D eigenvalue weighted by atomic mass is 79.9. The van der Waals surface area contributed by atoms with Gasteiger partial charge in [0.05, 0.1) is 13.2 Å². The second-order valence-electron chi connectivity index (χ2n) is 5.45.